The van der Waals surface area contributed by atoms with E-state index in [1.165, 1.54) is 0 Å². The van der Waals surface area contributed by atoms with Crippen LogP contribution in [-0.2, 0) is 9.84 Å². The number of hydrogen-bond acceptors (Lipinski definition) is 4. The van der Waals surface area contributed by atoms with Gasteiger partial charge in [-0.1, -0.05) is 43.6 Å². The van der Waals surface area contributed by atoms with E-state index in [0.717, 1.165) is 5.39 Å². The Labute approximate surface area is 152 Å². The van der Waals surface area contributed by atoms with Gasteiger partial charge in [-0.15, -0.1) is 0 Å². The summed E-state index contributed by atoms with van der Waals surface area (Å²) in [7, 11) is -3.07. The molecule has 25 heavy (non-hydrogen) atoms. The maximum absolute atomic E-state index is 13.3. The third-order valence-corrected chi connectivity index (χ3v) is 6.33. The van der Waals surface area contributed by atoms with E-state index in [0.29, 0.717) is 24.0 Å². The van der Waals surface area contributed by atoms with Gasteiger partial charge < -0.3 is 4.90 Å². The number of pyridine rings is 1. The highest BCUT2D eigenvalue weighted by Gasteiger charge is 2.35. The van der Waals surface area contributed by atoms with Crippen molar-refractivity contribution < 1.29 is 13.2 Å². The topological polar surface area (TPSA) is 67.3 Å². The molecule has 0 unspecified atom stereocenters. The summed E-state index contributed by atoms with van der Waals surface area (Å²) >= 11 is 6.11. The highest BCUT2D eigenvalue weighted by molar-refractivity contribution is 7.91. The SMILES string of the molecule is CC(C)CN(C(=O)c1cc(Cl)nc2ccccc12)[C@@H]1CCS(=O)(=O)C1. The molecule has 0 N–H and O–H groups in total. The second kappa shape index (κ2) is 6.92. The Morgan fingerprint density at radius 2 is 2.08 bits per heavy atom. The van der Waals surface area contributed by atoms with Gasteiger partial charge >= 0.3 is 0 Å². The number of rotatable bonds is 4. The van der Waals surface area contributed by atoms with Crippen LogP contribution in [0.5, 0.6) is 0 Å². The fourth-order valence-electron chi connectivity index (χ4n) is 3.29. The van der Waals surface area contributed by atoms with Crippen LogP contribution in [0.15, 0.2) is 30.3 Å². The lowest BCUT2D eigenvalue weighted by Gasteiger charge is -2.30. The lowest BCUT2D eigenvalue weighted by atomic mass is 10.0. The number of nitrogens with zero attached hydrogens (tertiary/aromatic N) is 2. The van der Waals surface area contributed by atoms with Crippen LogP contribution in [0.1, 0.15) is 30.6 Å². The smallest absolute Gasteiger partial charge is 0.254 e. The predicted octanol–water partition coefficient (Wildman–Crippen LogP) is 3.17. The van der Waals surface area contributed by atoms with Crippen LogP contribution in [0.3, 0.4) is 0 Å². The summed E-state index contributed by atoms with van der Waals surface area (Å²) in [6, 6.07) is 8.63. The molecule has 5 nitrogen and oxygen atoms in total. The second-order valence-corrected chi connectivity index (χ2v) is 9.53. The molecule has 1 aliphatic rings. The minimum Gasteiger partial charge on any atom is -0.334 e. The number of benzene rings is 1. The van der Waals surface area contributed by atoms with Crippen LogP contribution in [0.25, 0.3) is 10.9 Å². The first kappa shape index (κ1) is 18.1. The van der Waals surface area contributed by atoms with Gasteiger partial charge in [0.05, 0.1) is 22.6 Å². The van der Waals surface area contributed by atoms with Gasteiger partial charge in [-0.2, -0.15) is 0 Å². The molecular weight excluding hydrogens is 360 g/mol. The molecule has 1 aromatic carbocycles. The molecule has 1 atom stereocenters. The third kappa shape index (κ3) is 3.96. The van der Waals surface area contributed by atoms with Crippen molar-refractivity contribution in [1.29, 1.82) is 0 Å². The average Bonchev–Trinajstić information content (AvgIpc) is 2.90. The summed E-state index contributed by atoms with van der Waals surface area (Å²) in [5.74, 6) is 0.215. The van der Waals surface area contributed by atoms with Crippen LogP contribution in [0.2, 0.25) is 5.15 Å². The van der Waals surface area contributed by atoms with Gasteiger partial charge in [-0.25, -0.2) is 13.4 Å². The van der Waals surface area contributed by atoms with E-state index in [2.05, 4.69) is 4.98 Å². The Morgan fingerprint density at radius 3 is 2.72 bits per heavy atom. The molecule has 134 valence electrons. The standard InChI is InChI=1S/C18H21ClN2O3S/c1-12(2)10-21(13-7-8-25(23,24)11-13)18(22)15-9-17(19)20-16-6-4-3-5-14(15)16/h3-6,9,12-13H,7-8,10-11H2,1-2H3/t13-/m1/s1. The molecular formula is C18H21ClN2O3S. The normalized spacial score (nSPS) is 19.4. The summed E-state index contributed by atoms with van der Waals surface area (Å²) < 4.78 is 23.8. The van der Waals surface area contributed by atoms with Crippen LogP contribution in [-0.4, -0.2) is 48.3 Å². The number of hydrogen-bond donors (Lipinski definition) is 0. The third-order valence-electron chi connectivity index (χ3n) is 4.39. The van der Waals surface area contributed by atoms with Crippen molar-refractivity contribution in [1.82, 2.24) is 9.88 Å². The molecule has 0 saturated carbocycles. The van der Waals surface area contributed by atoms with E-state index >= 15 is 0 Å². The Kier molecular flexibility index (Phi) is 5.02. The molecule has 0 spiro atoms. The summed E-state index contributed by atoms with van der Waals surface area (Å²) in [6.45, 7) is 4.54. The number of carbonyl (C=O) groups excluding carboxylic acids is 1. The molecule has 2 heterocycles. The maximum atomic E-state index is 13.3. The number of halogens is 1. The quantitative estimate of drug-likeness (QED) is 0.764. The summed E-state index contributed by atoms with van der Waals surface area (Å²) in [5.41, 5.74) is 1.13. The molecule has 2 aromatic rings. The van der Waals surface area contributed by atoms with Crippen molar-refractivity contribution in [2.75, 3.05) is 18.1 Å². The molecule has 0 bridgehead atoms. The van der Waals surface area contributed by atoms with Gasteiger partial charge in [-0.3, -0.25) is 4.79 Å². The molecule has 0 radical (unpaired) electrons. The van der Waals surface area contributed by atoms with E-state index in [1.807, 2.05) is 38.1 Å². The number of fused-ring (bicyclic) bond motifs is 1. The fraction of sp³-hybridized carbons (Fsp3) is 0.444. The number of amides is 1. The van der Waals surface area contributed by atoms with Crippen molar-refractivity contribution in [2.45, 2.75) is 26.3 Å². The molecule has 1 fully saturated rings. The largest absolute Gasteiger partial charge is 0.334 e. The van der Waals surface area contributed by atoms with E-state index in [9.17, 15) is 13.2 Å². The van der Waals surface area contributed by atoms with Gasteiger partial charge in [-0.05, 0) is 24.5 Å². The van der Waals surface area contributed by atoms with Crippen LogP contribution in [0, 0.1) is 5.92 Å². The minimum absolute atomic E-state index is 0.0300. The van der Waals surface area contributed by atoms with Crippen LogP contribution < -0.4 is 0 Å². The molecule has 7 heteroatoms. The van der Waals surface area contributed by atoms with Crippen LogP contribution in [0.4, 0.5) is 0 Å². The molecule has 3 rings (SSSR count). The van der Waals surface area contributed by atoms with Gasteiger partial charge in [0.25, 0.3) is 5.91 Å². The fourth-order valence-corrected chi connectivity index (χ4v) is 5.22. The van der Waals surface area contributed by atoms with Crippen molar-refractivity contribution in [2.24, 2.45) is 5.92 Å². The highest BCUT2D eigenvalue weighted by Crippen LogP contribution is 2.26. The molecule has 1 amide bonds. The summed E-state index contributed by atoms with van der Waals surface area (Å²) in [4.78, 5) is 19.2. The monoisotopic (exact) mass is 380 g/mol. The van der Waals surface area contributed by atoms with Crippen molar-refractivity contribution in [3.63, 3.8) is 0 Å². The number of sulfone groups is 1. The zero-order valence-electron chi connectivity index (χ0n) is 14.3. The van der Waals surface area contributed by atoms with E-state index < -0.39 is 9.84 Å². The second-order valence-electron chi connectivity index (χ2n) is 6.92. The summed E-state index contributed by atoms with van der Waals surface area (Å²) in [5, 5.41) is 0.983. The maximum Gasteiger partial charge on any atom is 0.254 e. The van der Waals surface area contributed by atoms with Crippen molar-refractivity contribution >= 4 is 38.2 Å². The zero-order chi connectivity index (χ0) is 18.2. The van der Waals surface area contributed by atoms with Gasteiger partial charge in [0.2, 0.25) is 0 Å². The molecule has 0 aliphatic carbocycles. The number of aromatic nitrogens is 1. The Balaban J connectivity index is 2.03. The number of para-hydroxylation sites is 1. The Morgan fingerprint density at radius 1 is 1.36 bits per heavy atom. The predicted molar refractivity (Wildman–Crippen MR) is 99.7 cm³/mol. The van der Waals surface area contributed by atoms with Crippen LogP contribution >= 0.6 is 11.6 Å². The Hall–Kier alpha value is -1.66. The molecule has 1 aromatic heterocycles. The van der Waals surface area contributed by atoms with Gasteiger partial charge in [0, 0.05) is 18.0 Å². The summed E-state index contributed by atoms with van der Waals surface area (Å²) in [6.07, 6.45) is 0.484. The van der Waals surface area contributed by atoms with Crippen molar-refractivity contribution in [3.05, 3.63) is 41.0 Å². The minimum atomic E-state index is -3.07. The zero-order valence-corrected chi connectivity index (χ0v) is 15.8. The highest BCUT2D eigenvalue weighted by atomic mass is 35.5. The van der Waals surface area contributed by atoms with Gasteiger partial charge in [0.15, 0.2) is 9.84 Å². The van der Waals surface area contributed by atoms with Gasteiger partial charge in [0.1, 0.15) is 5.15 Å². The molecule has 1 aliphatic heterocycles. The lowest BCUT2D eigenvalue weighted by Crippen LogP contribution is -2.43. The average molecular weight is 381 g/mol. The first-order valence-corrected chi connectivity index (χ1v) is 10.5. The molecule has 1 saturated heterocycles. The first-order chi connectivity index (χ1) is 11.8. The van der Waals surface area contributed by atoms with Crippen molar-refractivity contribution in [3.8, 4) is 0 Å². The first-order valence-electron chi connectivity index (χ1n) is 8.33. The number of carbonyl (C=O) groups is 1. The van der Waals surface area contributed by atoms with E-state index in [4.69, 9.17) is 11.6 Å². The van der Waals surface area contributed by atoms with E-state index in [1.54, 1.807) is 11.0 Å². The Bertz CT molecular complexity index is 912. The lowest BCUT2D eigenvalue weighted by molar-refractivity contribution is 0.0674. The van der Waals surface area contributed by atoms with E-state index in [-0.39, 0.29) is 34.5 Å².